The van der Waals surface area contributed by atoms with Crippen LogP contribution in [-0.2, 0) is 6.42 Å². The average Bonchev–Trinajstić information content (AvgIpc) is 2.03. The minimum Gasteiger partial charge on any atom is -0.0651 e. The number of benzene rings is 1. The molecule has 0 heteroatoms. The fourth-order valence-corrected chi connectivity index (χ4v) is 0.849. The van der Waals surface area contributed by atoms with E-state index in [9.17, 15) is 0 Å². The molecule has 1 aromatic rings. The quantitative estimate of drug-likeness (QED) is 0.564. The molecule has 1 rings (SSSR count). The van der Waals surface area contributed by atoms with E-state index in [2.05, 4.69) is 12.1 Å². The number of aryl methyl sites for hydroxylation is 1. The minimum absolute atomic E-state index is 0.537. The van der Waals surface area contributed by atoms with Gasteiger partial charge < -0.3 is 0 Å². The highest BCUT2D eigenvalue weighted by Gasteiger charge is 1.84. The monoisotopic (exact) mass is 121 g/mol. The summed E-state index contributed by atoms with van der Waals surface area (Å²) in [4.78, 5) is 0. The van der Waals surface area contributed by atoms with E-state index in [4.69, 9.17) is 1.37 Å². The van der Waals surface area contributed by atoms with Crippen molar-refractivity contribution in [2.24, 2.45) is 0 Å². The molecule has 0 heterocycles. The second-order valence-electron chi connectivity index (χ2n) is 2.09. The van der Waals surface area contributed by atoms with Gasteiger partial charge in [-0.1, -0.05) is 43.7 Å². The van der Waals surface area contributed by atoms with Crippen molar-refractivity contribution in [1.29, 1.82) is 0 Å². The predicted octanol–water partition coefficient (Wildman–Crippen LogP) is 2.64. The Balaban J connectivity index is 2.43. The van der Waals surface area contributed by atoms with E-state index < -0.39 is 0 Å². The van der Waals surface area contributed by atoms with Crippen LogP contribution in [0.25, 0.3) is 0 Å². The van der Waals surface area contributed by atoms with Crippen molar-refractivity contribution in [3.63, 3.8) is 0 Å². The predicted molar refractivity (Wildman–Crippen MR) is 40.4 cm³/mol. The van der Waals surface area contributed by atoms with Crippen molar-refractivity contribution >= 4 is 0 Å². The second kappa shape index (κ2) is 3.29. The van der Waals surface area contributed by atoms with Crippen molar-refractivity contribution in [1.82, 2.24) is 0 Å². The maximum Gasteiger partial charge on any atom is 0.0230 e. The van der Waals surface area contributed by atoms with Gasteiger partial charge in [0.05, 0.1) is 0 Å². The summed E-state index contributed by atoms with van der Waals surface area (Å²) in [5.41, 5.74) is 1.34. The van der Waals surface area contributed by atoms with Gasteiger partial charge >= 0.3 is 0 Å². The molecule has 0 bridgehead atoms. The van der Waals surface area contributed by atoms with Crippen LogP contribution < -0.4 is 0 Å². The van der Waals surface area contributed by atoms with Crippen LogP contribution in [-0.4, -0.2) is 0 Å². The first-order valence-corrected chi connectivity index (χ1v) is 3.26. The lowest BCUT2D eigenvalue weighted by atomic mass is 10.1. The zero-order chi connectivity index (χ0) is 7.23. The molecule has 0 radical (unpaired) electrons. The highest BCUT2D eigenvalue weighted by atomic mass is 13.9. The lowest BCUT2D eigenvalue weighted by Gasteiger charge is -1.93. The molecule has 1 aromatic carbocycles. The van der Waals surface area contributed by atoms with Crippen LogP contribution in [0.4, 0.5) is 0 Å². The Hall–Kier alpha value is -0.780. The smallest absolute Gasteiger partial charge is 0.0230 e. The molecule has 0 atom stereocenters. The van der Waals surface area contributed by atoms with Gasteiger partial charge in [0.2, 0.25) is 0 Å². The summed E-state index contributed by atoms with van der Waals surface area (Å²) in [6.07, 6.45) is 2.02. The number of hydrogen-bond donors (Lipinski definition) is 0. The molecular weight excluding hydrogens is 108 g/mol. The first-order chi connectivity index (χ1) is 4.93. The van der Waals surface area contributed by atoms with Crippen LogP contribution in [0.3, 0.4) is 0 Å². The summed E-state index contributed by atoms with van der Waals surface area (Å²) < 4.78 is 6.95. The van der Waals surface area contributed by atoms with Gasteiger partial charge in [-0.05, 0) is 12.0 Å². The first-order valence-electron chi connectivity index (χ1n) is 3.97. The highest BCUT2D eigenvalue weighted by Crippen LogP contribution is 2.00. The molecular formula is C9H12. The Labute approximate surface area is 57.9 Å². The van der Waals surface area contributed by atoms with Gasteiger partial charge in [-0.15, -0.1) is 0 Å². The number of rotatable bonds is 2. The maximum atomic E-state index is 6.95. The average molecular weight is 121 g/mol. The molecule has 0 spiro atoms. The molecule has 0 fully saturated rings. The standard InChI is InChI=1S/C9H12/c1-2-6-9-7-4-3-5-8-9/h3-5,7-8H,2,6H2,1H3/i1D. The van der Waals surface area contributed by atoms with Crippen LogP contribution in [0.15, 0.2) is 30.3 Å². The highest BCUT2D eigenvalue weighted by molar-refractivity contribution is 5.14. The van der Waals surface area contributed by atoms with E-state index in [-0.39, 0.29) is 0 Å². The summed E-state index contributed by atoms with van der Waals surface area (Å²) in [6, 6.07) is 10.3. The van der Waals surface area contributed by atoms with E-state index in [1.165, 1.54) is 5.56 Å². The summed E-state index contributed by atoms with van der Waals surface area (Å²) in [5, 5.41) is 0. The fourth-order valence-electron chi connectivity index (χ4n) is 0.849. The Morgan fingerprint density at radius 2 is 2.11 bits per heavy atom. The van der Waals surface area contributed by atoms with E-state index in [0.717, 1.165) is 12.8 Å². The van der Waals surface area contributed by atoms with Gasteiger partial charge in [0.15, 0.2) is 0 Å². The summed E-state index contributed by atoms with van der Waals surface area (Å²) >= 11 is 0. The van der Waals surface area contributed by atoms with E-state index >= 15 is 0 Å². The molecule has 0 amide bonds. The van der Waals surface area contributed by atoms with Crippen molar-refractivity contribution in [2.45, 2.75) is 19.7 Å². The van der Waals surface area contributed by atoms with E-state index in [1.807, 2.05) is 18.2 Å². The van der Waals surface area contributed by atoms with Crippen LogP contribution in [0, 0.1) is 0 Å². The van der Waals surface area contributed by atoms with Crippen LogP contribution in [0.5, 0.6) is 0 Å². The first kappa shape index (κ1) is 5.04. The molecule has 0 N–H and O–H groups in total. The minimum atomic E-state index is 0.537. The SMILES string of the molecule is [2H]CCCc1ccccc1. The molecule has 0 aliphatic heterocycles. The molecule has 48 valence electrons. The third-order valence-electron chi connectivity index (χ3n) is 1.31. The third kappa shape index (κ3) is 1.88. The Morgan fingerprint density at radius 1 is 1.33 bits per heavy atom. The zero-order valence-corrected chi connectivity index (χ0v) is 5.51. The summed E-state index contributed by atoms with van der Waals surface area (Å²) in [5.74, 6) is 0. The van der Waals surface area contributed by atoms with Gasteiger partial charge in [0.1, 0.15) is 0 Å². The van der Waals surface area contributed by atoms with Crippen molar-refractivity contribution < 1.29 is 1.37 Å². The zero-order valence-electron chi connectivity index (χ0n) is 6.51. The van der Waals surface area contributed by atoms with Crippen LogP contribution in [0.2, 0.25) is 0 Å². The normalized spacial score (nSPS) is 10.9. The Kier molecular flexibility index (Phi) is 1.84. The maximum absolute atomic E-state index is 6.95. The fraction of sp³-hybridized carbons (Fsp3) is 0.333. The van der Waals surface area contributed by atoms with Crippen LogP contribution >= 0.6 is 0 Å². The van der Waals surface area contributed by atoms with Crippen molar-refractivity contribution in [2.75, 3.05) is 0 Å². The van der Waals surface area contributed by atoms with Gasteiger partial charge in [0, 0.05) is 1.37 Å². The molecule has 0 nitrogen and oxygen atoms in total. The van der Waals surface area contributed by atoms with Gasteiger partial charge in [-0.25, -0.2) is 0 Å². The largest absolute Gasteiger partial charge is 0.0651 e. The van der Waals surface area contributed by atoms with Gasteiger partial charge in [-0.2, -0.15) is 0 Å². The van der Waals surface area contributed by atoms with E-state index in [1.54, 1.807) is 0 Å². The second-order valence-corrected chi connectivity index (χ2v) is 2.09. The molecule has 0 saturated carbocycles. The molecule has 0 aromatic heterocycles. The number of hydrogen-bond acceptors (Lipinski definition) is 0. The third-order valence-corrected chi connectivity index (χ3v) is 1.31. The summed E-state index contributed by atoms with van der Waals surface area (Å²) in [6.45, 7) is 0.537. The Bertz CT molecular complexity index is 169. The Morgan fingerprint density at radius 3 is 2.78 bits per heavy atom. The van der Waals surface area contributed by atoms with Crippen LogP contribution in [0.1, 0.15) is 20.3 Å². The van der Waals surface area contributed by atoms with Crippen molar-refractivity contribution in [3.05, 3.63) is 35.9 Å². The molecule has 0 aliphatic rings. The molecule has 0 saturated heterocycles. The topological polar surface area (TPSA) is 0 Å². The van der Waals surface area contributed by atoms with Gasteiger partial charge in [-0.3, -0.25) is 0 Å². The lowest BCUT2D eigenvalue weighted by Crippen LogP contribution is -1.78. The van der Waals surface area contributed by atoms with Gasteiger partial charge in [0.25, 0.3) is 0 Å². The molecule has 9 heavy (non-hydrogen) atoms. The van der Waals surface area contributed by atoms with Crippen molar-refractivity contribution in [3.8, 4) is 0 Å². The lowest BCUT2D eigenvalue weighted by molar-refractivity contribution is 0.922. The molecule has 0 aliphatic carbocycles. The molecule has 0 unspecified atom stereocenters. The van der Waals surface area contributed by atoms with E-state index in [0.29, 0.717) is 6.90 Å². The summed E-state index contributed by atoms with van der Waals surface area (Å²) in [7, 11) is 0.